The number of halogens is 2. The molecule has 1 saturated heterocycles. The molecule has 2 atom stereocenters. The van der Waals surface area contributed by atoms with Crippen LogP contribution in [0.2, 0.25) is 0 Å². The summed E-state index contributed by atoms with van der Waals surface area (Å²) in [6.07, 6.45) is 2.34. The van der Waals surface area contributed by atoms with E-state index in [2.05, 4.69) is 69.2 Å². The zero-order chi connectivity index (χ0) is 13.8. The zero-order valence-corrected chi connectivity index (χ0v) is 14.6. The first-order chi connectivity index (χ1) is 9.08. The molecule has 19 heavy (non-hydrogen) atoms. The van der Waals surface area contributed by atoms with E-state index in [9.17, 15) is 0 Å². The maximum atomic E-state index is 5.43. The van der Waals surface area contributed by atoms with Crippen LogP contribution in [0.15, 0.2) is 27.1 Å². The van der Waals surface area contributed by atoms with Crippen LogP contribution in [-0.2, 0) is 4.74 Å². The smallest absolute Gasteiger partial charge is 0.0469 e. The molecule has 1 N–H and O–H groups in total. The first kappa shape index (κ1) is 15.5. The molecule has 4 heteroatoms. The van der Waals surface area contributed by atoms with Gasteiger partial charge in [0, 0.05) is 34.2 Å². The number of rotatable bonds is 4. The predicted molar refractivity (Wildman–Crippen MR) is 86.4 cm³/mol. The van der Waals surface area contributed by atoms with Gasteiger partial charge in [-0.15, -0.1) is 0 Å². The fourth-order valence-electron chi connectivity index (χ4n) is 2.69. The van der Waals surface area contributed by atoms with Gasteiger partial charge < -0.3 is 10.1 Å². The number of ether oxygens (including phenoxy) is 1. The van der Waals surface area contributed by atoms with E-state index in [0.717, 1.165) is 28.1 Å². The molecule has 0 aromatic heterocycles. The molecule has 1 fully saturated rings. The van der Waals surface area contributed by atoms with Gasteiger partial charge in [0.2, 0.25) is 0 Å². The predicted octanol–water partition coefficient (Wildman–Crippen LogP) is 4.68. The van der Waals surface area contributed by atoms with Crippen molar-refractivity contribution < 1.29 is 4.74 Å². The summed E-state index contributed by atoms with van der Waals surface area (Å²) < 4.78 is 7.69. The first-order valence-electron chi connectivity index (χ1n) is 6.86. The minimum atomic E-state index is 0.348. The number of benzene rings is 1. The Morgan fingerprint density at radius 3 is 2.53 bits per heavy atom. The minimum Gasteiger partial charge on any atom is -0.381 e. The Hall–Kier alpha value is 0.1000. The standard InChI is InChI=1S/C15H21Br2NO/c1-10(12-5-7-19-8-6-12)18-11(2)14-4-3-13(16)9-15(14)17/h3-4,9-12,18H,5-8H2,1-2H3. The fraction of sp³-hybridized carbons (Fsp3) is 0.600. The van der Waals surface area contributed by atoms with Crippen molar-refractivity contribution in [2.24, 2.45) is 5.92 Å². The lowest BCUT2D eigenvalue weighted by atomic mass is 9.92. The van der Waals surface area contributed by atoms with E-state index in [-0.39, 0.29) is 0 Å². The van der Waals surface area contributed by atoms with E-state index in [1.165, 1.54) is 18.4 Å². The highest BCUT2D eigenvalue weighted by Gasteiger charge is 2.22. The van der Waals surface area contributed by atoms with Gasteiger partial charge in [-0.05, 0) is 50.3 Å². The molecule has 1 aliphatic heterocycles. The van der Waals surface area contributed by atoms with Gasteiger partial charge in [0.1, 0.15) is 0 Å². The van der Waals surface area contributed by atoms with Crippen molar-refractivity contribution in [3.05, 3.63) is 32.7 Å². The topological polar surface area (TPSA) is 21.3 Å². The van der Waals surface area contributed by atoms with Crippen LogP contribution >= 0.6 is 31.9 Å². The van der Waals surface area contributed by atoms with Crippen LogP contribution in [0.3, 0.4) is 0 Å². The lowest BCUT2D eigenvalue weighted by Crippen LogP contribution is -2.38. The van der Waals surface area contributed by atoms with Crippen molar-refractivity contribution >= 4 is 31.9 Å². The Morgan fingerprint density at radius 2 is 1.89 bits per heavy atom. The molecule has 106 valence electrons. The third-order valence-corrected chi connectivity index (χ3v) is 5.09. The molecular weight excluding hydrogens is 370 g/mol. The summed E-state index contributed by atoms with van der Waals surface area (Å²) in [5.74, 6) is 0.727. The molecule has 1 heterocycles. The van der Waals surface area contributed by atoms with Crippen LogP contribution in [0.1, 0.15) is 38.3 Å². The second-order valence-corrected chi connectivity index (χ2v) is 7.06. The lowest BCUT2D eigenvalue weighted by molar-refractivity contribution is 0.0547. The Kier molecular flexibility index (Phi) is 5.87. The summed E-state index contributed by atoms with van der Waals surface area (Å²) in [5.41, 5.74) is 1.31. The number of hydrogen-bond donors (Lipinski definition) is 1. The average Bonchev–Trinajstić information content (AvgIpc) is 2.39. The molecule has 2 rings (SSSR count). The molecule has 2 nitrogen and oxygen atoms in total. The summed E-state index contributed by atoms with van der Waals surface area (Å²) in [4.78, 5) is 0. The lowest BCUT2D eigenvalue weighted by Gasteiger charge is -2.31. The molecule has 0 amide bonds. The van der Waals surface area contributed by atoms with Gasteiger partial charge in [-0.25, -0.2) is 0 Å². The molecule has 0 bridgehead atoms. The number of hydrogen-bond acceptors (Lipinski definition) is 2. The third kappa shape index (κ3) is 4.28. The maximum Gasteiger partial charge on any atom is 0.0469 e. The van der Waals surface area contributed by atoms with E-state index in [1.54, 1.807) is 0 Å². The van der Waals surface area contributed by atoms with Crippen LogP contribution in [0.4, 0.5) is 0 Å². The van der Waals surface area contributed by atoms with Crippen LogP contribution in [0.25, 0.3) is 0 Å². The maximum absolute atomic E-state index is 5.43. The Balaban J connectivity index is 1.97. The fourth-order valence-corrected chi connectivity index (χ4v) is 4.08. The van der Waals surface area contributed by atoms with E-state index in [4.69, 9.17) is 4.74 Å². The Morgan fingerprint density at radius 1 is 1.21 bits per heavy atom. The Bertz CT molecular complexity index is 419. The molecule has 2 unspecified atom stereocenters. The van der Waals surface area contributed by atoms with Crippen LogP contribution < -0.4 is 5.32 Å². The van der Waals surface area contributed by atoms with Gasteiger partial charge in [0.25, 0.3) is 0 Å². The largest absolute Gasteiger partial charge is 0.381 e. The minimum absolute atomic E-state index is 0.348. The monoisotopic (exact) mass is 389 g/mol. The molecule has 1 aromatic rings. The van der Waals surface area contributed by atoms with Crippen molar-refractivity contribution in [2.45, 2.75) is 38.8 Å². The molecule has 1 aliphatic rings. The molecule has 0 saturated carbocycles. The second-order valence-electron chi connectivity index (χ2n) is 5.29. The van der Waals surface area contributed by atoms with Crippen molar-refractivity contribution in [3.8, 4) is 0 Å². The summed E-state index contributed by atoms with van der Waals surface area (Å²) in [5, 5.41) is 3.73. The molecule has 0 spiro atoms. The van der Waals surface area contributed by atoms with Gasteiger partial charge >= 0.3 is 0 Å². The molecular formula is C15H21Br2NO. The quantitative estimate of drug-likeness (QED) is 0.805. The second kappa shape index (κ2) is 7.21. The first-order valence-corrected chi connectivity index (χ1v) is 8.45. The van der Waals surface area contributed by atoms with Gasteiger partial charge in [0.05, 0.1) is 0 Å². The average molecular weight is 391 g/mol. The van der Waals surface area contributed by atoms with Gasteiger partial charge in [-0.1, -0.05) is 37.9 Å². The zero-order valence-electron chi connectivity index (χ0n) is 11.5. The Labute approximate surface area is 132 Å². The van der Waals surface area contributed by atoms with Crippen molar-refractivity contribution in [2.75, 3.05) is 13.2 Å². The van der Waals surface area contributed by atoms with Crippen molar-refractivity contribution in [1.29, 1.82) is 0 Å². The highest BCUT2D eigenvalue weighted by atomic mass is 79.9. The molecule has 1 aromatic carbocycles. The highest BCUT2D eigenvalue weighted by Crippen LogP contribution is 2.28. The van der Waals surface area contributed by atoms with Gasteiger partial charge in [-0.3, -0.25) is 0 Å². The van der Waals surface area contributed by atoms with Crippen LogP contribution in [0.5, 0.6) is 0 Å². The van der Waals surface area contributed by atoms with Crippen LogP contribution in [-0.4, -0.2) is 19.3 Å². The number of nitrogens with one attached hydrogen (secondary N) is 1. The third-order valence-electron chi connectivity index (χ3n) is 3.91. The summed E-state index contributed by atoms with van der Waals surface area (Å²) in [6, 6.07) is 7.24. The van der Waals surface area contributed by atoms with E-state index >= 15 is 0 Å². The SMILES string of the molecule is CC(NC(C)C1CCOCC1)c1ccc(Br)cc1Br. The van der Waals surface area contributed by atoms with E-state index in [0.29, 0.717) is 12.1 Å². The van der Waals surface area contributed by atoms with Crippen LogP contribution in [0, 0.1) is 5.92 Å². The van der Waals surface area contributed by atoms with Gasteiger partial charge in [-0.2, -0.15) is 0 Å². The van der Waals surface area contributed by atoms with E-state index in [1.807, 2.05) is 0 Å². The molecule has 0 radical (unpaired) electrons. The summed E-state index contributed by atoms with van der Waals surface area (Å²) in [7, 11) is 0. The highest BCUT2D eigenvalue weighted by molar-refractivity contribution is 9.11. The van der Waals surface area contributed by atoms with E-state index < -0.39 is 0 Å². The van der Waals surface area contributed by atoms with Gasteiger partial charge in [0.15, 0.2) is 0 Å². The molecule has 0 aliphatic carbocycles. The van der Waals surface area contributed by atoms with Crippen molar-refractivity contribution in [1.82, 2.24) is 5.32 Å². The summed E-state index contributed by atoms with van der Waals surface area (Å²) in [6.45, 7) is 6.34. The summed E-state index contributed by atoms with van der Waals surface area (Å²) >= 11 is 7.14. The van der Waals surface area contributed by atoms with Crippen molar-refractivity contribution in [3.63, 3.8) is 0 Å². The normalized spacial score (nSPS) is 20.2.